The van der Waals surface area contributed by atoms with Crippen LogP contribution in [0.5, 0.6) is 0 Å². The fourth-order valence-electron chi connectivity index (χ4n) is 5.16. The highest BCUT2D eigenvalue weighted by Gasteiger charge is 2.33. The molecule has 1 heterocycles. The Morgan fingerprint density at radius 1 is 1.03 bits per heavy atom. The molecule has 2 aliphatic rings. The van der Waals surface area contributed by atoms with Crippen LogP contribution in [0.4, 0.5) is 0 Å². The number of hydrogen-bond acceptors (Lipinski definition) is 2. The van der Waals surface area contributed by atoms with Crippen molar-refractivity contribution in [1.82, 2.24) is 14.4 Å². The van der Waals surface area contributed by atoms with Gasteiger partial charge in [0, 0.05) is 37.4 Å². The first-order valence-corrected chi connectivity index (χ1v) is 12.1. The van der Waals surface area contributed by atoms with E-state index in [0.717, 1.165) is 50.8 Å². The topological polar surface area (TPSA) is 45.6 Å². The molecule has 0 bridgehead atoms. The van der Waals surface area contributed by atoms with Crippen molar-refractivity contribution in [2.24, 2.45) is 18.9 Å². The van der Waals surface area contributed by atoms with Crippen LogP contribution in [-0.2, 0) is 23.2 Å². The van der Waals surface area contributed by atoms with Gasteiger partial charge in [0.15, 0.2) is 0 Å². The molecule has 2 amide bonds. The monoisotopic (exact) mass is 415 g/mol. The summed E-state index contributed by atoms with van der Waals surface area (Å²) >= 11 is 0. The third kappa shape index (κ3) is 6.12. The number of amides is 2. The molecule has 5 nitrogen and oxygen atoms in total. The molecular weight excluding hydrogens is 374 g/mol. The maximum atomic E-state index is 13.5. The van der Waals surface area contributed by atoms with E-state index in [9.17, 15) is 9.59 Å². The minimum Gasteiger partial charge on any atom is -0.353 e. The number of hydrogen-bond donors (Lipinski definition) is 0. The Morgan fingerprint density at radius 3 is 2.23 bits per heavy atom. The van der Waals surface area contributed by atoms with E-state index in [1.54, 1.807) is 0 Å². The lowest BCUT2D eigenvalue weighted by Gasteiger charge is -2.38. The van der Waals surface area contributed by atoms with Crippen molar-refractivity contribution in [3.05, 3.63) is 24.0 Å². The van der Waals surface area contributed by atoms with Crippen molar-refractivity contribution >= 4 is 11.8 Å². The van der Waals surface area contributed by atoms with Gasteiger partial charge in [-0.25, -0.2) is 0 Å². The number of nitrogens with zero attached hydrogens (tertiary/aromatic N) is 3. The number of carbonyl (C=O) groups excluding carboxylic acids is 2. The minimum absolute atomic E-state index is 0.0969. The van der Waals surface area contributed by atoms with Gasteiger partial charge in [0.05, 0.1) is 6.54 Å². The normalized spacial score (nSPS) is 18.5. The maximum absolute atomic E-state index is 13.5. The summed E-state index contributed by atoms with van der Waals surface area (Å²) in [4.78, 5) is 30.9. The molecular formula is C25H41N3O2. The molecule has 1 aromatic rings. The van der Waals surface area contributed by atoms with Gasteiger partial charge in [-0.2, -0.15) is 0 Å². The van der Waals surface area contributed by atoms with E-state index < -0.39 is 0 Å². The zero-order valence-electron chi connectivity index (χ0n) is 19.3. The Morgan fingerprint density at radius 2 is 1.67 bits per heavy atom. The van der Waals surface area contributed by atoms with Crippen LogP contribution in [-0.4, -0.2) is 45.3 Å². The van der Waals surface area contributed by atoms with E-state index in [-0.39, 0.29) is 30.3 Å². The van der Waals surface area contributed by atoms with Gasteiger partial charge in [0.1, 0.15) is 6.54 Å². The lowest BCUT2D eigenvalue weighted by molar-refractivity contribution is -0.147. The second-order valence-electron chi connectivity index (χ2n) is 9.87. The Hall–Kier alpha value is -1.78. The highest BCUT2D eigenvalue weighted by Crippen LogP contribution is 2.29. The van der Waals surface area contributed by atoms with E-state index in [4.69, 9.17) is 0 Å². The molecule has 0 spiro atoms. The molecule has 0 N–H and O–H groups in total. The summed E-state index contributed by atoms with van der Waals surface area (Å²) in [6.45, 7) is 5.88. The number of carbonyl (C=O) groups is 2. The highest BCUT2D eigenvalue weighted by molar-refractivity contribution is 5.86. The molecule has 0 aliphatic heterocycles. The van der Waals surface area contributed by atoms with Crippen LogP contribution in [0, 0.1) is 11.8 Å². The van der Waals surface area contributed by atoms with Gasteiger partial charge < -0.3 is 14.4 Å². The lowest BCUT2D eigenvalue weighted by atomic mass is 9.86. The summed E-state index contributed by atoms with van der Waals surface area (Å²) in [5.74, 6) is 0.865. The molecule has 5 heteroatoms. The Balaban J connectivity index is 1.74. The van der Waals surface area contributed by atoms with Crippen molar-refractivity contribution in [1.29, 1.82) is 0 Å². The van der Waals surface area contributed by atoms with Gasteiger partial charge in [0.25, 0.3) is 0 Å². The molecule has 30 heavy (non-hydrogen) atoms. The zero-order valence-corrected chi connectivity index (χ0v) is 19.3. The highest BCUT2D eigenvalue weighted by atomic mass is 16.2. The number of rotatable bonds is 8. The first-order chi connectivity index (χ1) is 14.5. The summed E-state index contributed by atoms with van der Waals surface area (Å²) < 4.78 is 2.08. The first-order valence-electron chi connectivity index (χ1n) is 12.1. The van der Waals surface area contributed by atoms with Crippen molar-refractivity contribution in [2.75, 3.05) is 13.1 Å². The summed E-state index contributed by atoms with van der Waals surface area (Å²) in [5.41, 5.74) is 1.13. The Bertz CT molecular complexity index is 684. The second-order valence-corrected chi connectivity index (χ2v) is 9.87. The van der Waals surface area contributed by atoms with Gasteiger partial charge in [-0.1, -0.05) is 52.4 Å². The van der Waals surface area contributed by atoms with Gasteiger partial charge >= 0.3 is 0 Å². The van der Waals surface area contributed by atoms with Crippen LogP contribution in [0.1, 0.15) is 83.7 Å². The van der Waals surface area contributed by atoms with Crippen molar-refractivity contribution in [2.45, 2.75) is 90.6 Å². The van der Waals surface area contributed by atoms with Gasteiger partial charge in [-0.3, -0.25) is 9.59 Å². The van der Waals surface area contributed by atoms with Crippen molar-refractivity contribution in [3.8, 4) is 0 Å². The summed E-state index contributed by atoms with van der Waals surface area (Å²) in [7, 11) is 2.02. The van der Waals surface area contributed by atoms with Crippen LogP contribution in [0.15, 0.2) is 18.3 Å². The van der Waals surface area contributed by atoms with Gasteiger partial charge in [-0.15, -0.1) is 0 Å². The van der Waals surface area contributed by atoms with E-state index in [1.807, 2.05) is 29.1 Å². The quantitative estimate of drug-likeness (QED) is 0.615. The minimum atomic E-state index is 0.0969. The molecule has 0 aromatic carbocycles. The molecule has 2 aliphatic carbocycles. The third-order valence-corrected chi connectivity index (χ3v) is 6.90. The van der Waals surface area contributed by atoms with Crippen molar-refractivity contribution in [3.63, 3.8) is 0 Å². The lowest BCUT2D eigenvalue weighted by Crippen LogP contribution is -2.50. The van der Waals surface area contributed by atoms with E-state index in [0.29, 0.717) is 12.5 Å². The van der Waals surface area contributed by atoms with Gasteiger partial charge in [-0.05, 0) is 43.7 Å². The molecule has 2 saturated carbocycles. The average Bonchev–Trinajstić information content (AvgIpc) is 3.16. The first kappa shape index (κ1) is 22.9. The number of aryl methyl sites for hydroxylation is 1. The predicted octanol–water partition coefficient (Wildman–Crippen LogP) is 4.75. The molecule has 3 rings (SSSR count). The largest absolute Gasteiger partial charge is 0.353 e. The molecule has 0 radical (unpaired) electrons. The summed E-state index contributed by atoms with van der Waals surface area (Å²) in [6.07, 6.45) is 13.2. The molecule has 1 aromatic heterocycles. The molecule has 0 saturated heterocycles. The van der Waals surface area contributed by atoms with E-state index in [1.165, 1.54) is 25.7 Å². The summed E-state index contributed by atoms with van der Waals surface area (Å²) in [5, 5.41) is 0. The fraction of sp³-hybridized carbons (Fsp3) is 0.760. The fourth-order valence-corrected chi connectivity index (χ4v) is 5.16. The maximum Gasteiger partial charge on any atom is 0.242 e. The smallest absolute Gasteiger partial charge is 0.242 e. The third-order valence-electron chi connectivity index (χ3n) is 6.90. The Labute approximate surface area is 182 Å². The van der Waals surface area contributed by atoms with Crippen LogP contribution in [0.25, 0.3) is 0 Å². The van der Waals surface area contributed by atoms with Crippen molar-refractivity contribution < 1.29 is 9.59 Å². The van der Waals surface area contributed by atoms with E-state index >= 15 is 0 Å². The SMILES string of the molecule is CC(C)CN(Cc1cccn1C)C(=O)CN(C(=O)C1CCCCC1)C1CCCCC1. The van der Waals surface area contributed by atoms with Crippen LogP contribution in [0.2, 0.25) is 0 Å². The Kier molecular flexibility index (Phi) is 8.41. The second kappa shape index (κ2) is 11.0. The predicted molar refractivity (Wildman–Crippen MR) is 121 cm³/mol. The van der Waals surface area contributed by atoms with Crippen LogP contribution in [0.3, 0.4) is 0 Å². The zero-order chi connectivity index (χ0) is 21.5. The standard InChI is InChI=1S/C25H41N3O2/c1-20(2)17-27(18-23-15-10-16-26(23)3)24(29)19-28(22-13-8-5-9-14-22)25(30)21-11-6-4-7-12-21/h10,15-16,20-22H,4-9,11-14,17-19H2,1-3H3. The average molecular weight is 416 g/mol. The molecule has 0 atom stereocenters. The molecule has 168 valence electrons. The van der Waals surface area contributed by atoms with E-state index in [2.05, 4.69) is 24.5 Å². The molecule has 2 fully saturated rings. The van der Waals surface area contributed by atoms with Gasteiger partial charge in [0.2, 0.25) is 11.8 Å². The van der Waals surface area contributed by atoms with Crippen LogP contribution < -0.4 is 0 Å². The van der Waals surface area contributed by atoms with Crippen LogP contribution >= 0.6 is 0 Å². The summed E-state index contributed by atoms with van der Waals surface area (Å²) in [6, 6.07) is 4.34. The molecule has 0 unspecified atom stereocenters. The number of aromatic nitrogens is 1.